The number of Topliss-reactive ketones (excluding diaryl/α,β-unsaturated/α-hetero) is 1. The summed E-state index contributed by atoms with van der Waals surface area (Å²) >= 11 is 1.64. The average Bonchev–Trinajstić information content (AvgIpc) is 2.71. The molecule has 1 aromatic heterocycles. The van der Waals surface area contributed by atoms with Crippen LogP contribution in [0.1, 0.15) is 36.1 Å². The van der Waals surface area contributed by atoms with Crippen molar-refractivity contribution in [1.29, 1.82) is 0 Å². The van der Waals surface area contributed by atoms with E-state index in [1.54, 1.807) is 17.4 Å². The molecule has 1 aromatic carbocycles. The van der Waals surface area contributed by atoms with Gasteiger partial charge in [-0.15, -0.1) is 11.3 Å². The van der Waals surface area contributed by atoms with Gasteiger partial charge in [-0.05, 0) is 12.1 Å². The summed E-state index contributed by atoms with van der Waals surface area (Å²) in [5, 5.41) is 1.05. The highest BCUT2D eigenvalue weighted by Crippen LogP contribution is 2.32. The third-order valence-corrected chi connectivity index (χ3v) is 3.99. The highest BCUT2D eigenvalue weighted by atomic mass is 32.1. The van der Waals surface area contributed by atoms with Crippen LogP contribution in [0.4, 0.5) is 0 Å². The first kappa shape index (κ1) is 12.2. The minimum atomic E-state index is -0.0543. The maximum absolute atomic E-state index is 11.7. The first-order chi connectivity index (χ1) is 7.93. The van der Waals surface area contributed by atoms with Crippen LogP contribution in [0.2, 0.25) is 0 Å². The van der Waals surface area contributed by atoms with Gasteiger partial charge in [0.15, 0.2) is 5.78 Å². The third-order valence-electron chi connectivity index (χ3n) is 2.55. The predicted molar refractivity (Wildman–Crippen MR) is 71.7 cm³/mol. The first-order valence-corrected chi connectivity index (χ1v) is 6.38. The Morgan fingerprint density at radius 1 is 1.41 bits per heavy atom. The molecule has 4 heteroatoms. The van der Waals surface area contributed by atoms with Crippen LogP contribution in [0, 0.1) is 0 Å². The molecule has 17 heavy (non-hydrogen) atoms. The van der Waals surface area contributed by atoms with Crippen LogP contribution in [-0.4, -0.2) is 17.3 Å². The second-order valence-corrected chi connectivity index (χ2v) is 6.08. The molecule has 0 saturated carbocycles. The summed E-state index contributed by atoms with van der Waals surface area (Å²) < 4.78 is 1.05. The van der Waals surface area contributed by atoms with Gasteiger partial charge in [0, 0.05) is 11.0 Å². The quantitative estimate of drug-likeness (QED) is 0.831. The summed E-state index contributed by atoms with van der Waals surface area (Å²) in [6.45, 7) is 6.39. The van der Waals surface area contributed by atoms with Crippen LogP contribution in [0.3, 0.4) is 0 Å². The van der Waals surface area contributed by atoms with E-state index in [1.165, 1.54) is 0 Å². The Balaban J connectivity index is 2.65. The van der Waals surface area contributed by atoms with Gasteiger partial charge in [-0.2, -0.15) is 0 Å². The molecule has 0 spiro atoms. The van der Waals surface area contributed by atoms with E-state index in [0.29, 0.717) is 5.56 Å². The number of benzene rings is 1. The molecule has 0 fully saturated rings. The van der Waals surface area contributed by atoms with E-state index in [2.05, 4.69) is 25.8 Å². The SMILES string of the molecule is CC(C)(C)c1nc2c(C(=O)CN)cccc2s1. The Morgan fingerprint density at radius 2 is 2.12 bits per heavy atom. The number of nitrogens with zero attached hydrogens (tertiary/aromatic N) is 1. The number of hydrogen-bond acceptors (Lipinski definition) is 4. The number of para-hydroxylation sites is 1. The number of rotatable bonds is 2. The molecule has 0 radical (unpaired) electrons. The molecule has 0 amide bonds. The van der Waals surface area contributed by atoms with Crippen molar-refractivity contribution in [2.45, 2.75) is 26.2 Å². The van der Waals surface area contributed by atoms with Gasteiger partial charge in [0.1, 0.15) is 0 Å². The molecule has 0 bridgehead atoms. The highest BCUT2D eigenvalue weighted by molar-refractivity contribution is 7.18. The van der Waals surface area contributed by atoms with Crippen LogP contribution in [-0.2, 0) is 5.41 Å². The number of fused-ring (bicyclic) bond motifs is 1. The molecule has 0 aliphatic rings. The molecular weight excluding hydrogens is 232 g/mol. The van der Waals surface area contributed by atoms with Crippen LogP contribution < -0.4 is 5.73 Å². The number of thiazole rings is 1. The Labute approximate surface area is 105 Å². The Bertz CT molecular complexity index is 566. The largest absolute Gasteiger partial charge is 0.324 e. The topological polar surface area (TPSA) is 56.0 Å². The monoisotopic (exact) mass is 248 g/mol. The zero-order chi connectivity index (χ0) is 12.6. The number of carbonyl (C=O) groups is 1. The summed E-state index contributed by atoms with van der Waals surface area (Å²) in [6, 6.07) is 5.68. The minimum absolute atomic E-state index is 0.00667. The second kappa shape index (κ2) is 4.20. The molecule has 0 atom stereocenters. The van der Waals surface area contributed by atoms with Crippen molar-refractivity contribution >= 4 is 27.3 Å². The van der Waals surface area contributed by atoms with Gasteiger partial charge >= 0.3 is 0 Å². The maximum Gasteiger partial charge on any atom is 0.178 e. The Kier molecular flexibility index (Phi) is 3.02. The predicted octanol–water partition coefficient (Wildman–Crippen LogP) is 2.74. The van der Waals surface area contributed by atoms with E-state index in [1.807, 2.05) is 12.1 Å². The fraction of sp³-hybridized carbons (Fsp3) is 0.385. The summed E-state index contributed by atoms with van der Waals surface area (Å²) in [7, 11) is 0. The zero-order valence-corrected chi connectivity index (χ0v) is 11.1. The van der Waals surface area contributed by atoms with Gasteiger partial charge < -0.3 is 5.73 Å². The molecule has 0 saturated heterocycles. The van der Waals surface area contributed by atoms with Crippen molar-refractivity contribution in [2.75, 3.05) is 6.54 Å². The second-order valence-electron chi connectivity index (χ2n) is 5.05. The average molecular weight is 248 g/mol. The summed E-state index contributed by atoms with van der Waals surface area (Å²) in [5.74, 6) is -0.0543. The molecule has 0 unspecified atom stereocenters. The number of ketones is 1. The van der Waals surface area contributed by atoms with E-state index in [9.17, 15) is 4.79 Å². The van der Waals surface area contributed by atoms with E-state index < -0.39 is 0 Å². The summed E-state index contributed by atoms with van der Waals surface area (Å²) in [6.07, 6.45) is 0. The number of aromatic nitrogens is 1. The van der Waals surface area contributed by atoms with Gasteiger partial charge in [-0.3, -0.25) is 4.79 Å². The molecule has 2 rings (SSSR count). The number of hydrogen-bond donors (Lipinski definition) is 1. The maximum atomic E-state index is 11.7. The lowest BCUT2D eigenvalue weighted by Crippen LogP contribution is -2.14. The Hall–Kier alpha value is -1.26. The lowest BCUT2D eigenvalue weighted by molar-refractivity contribution is 0.100. The lowest BCUT2D eigenvalue weighted by atomic mass is 9.98. The molecule has 2 aromatic rings. The van der Waals surface area contributed by atoms with Crippen molar-refractivity contribution in [2.24, 2.45) is 5.73 Å². The fourth-order valence-electron chi connectivity index (χ4n) is 1.60. The van der Waals surface area contributed by atoms with E-state index in [0.717, 1.165) is 15.2 Å². The van der Waals surface area contributed by atoms with Gasteiger partial charge in [-0.25, -0.2) is 4.98 Å². The van der Waals surface area contributed by atoms with Crippen molar-refractivity contribution in [3.8, 4) is 0 Å². The smallest absolute Gasteiger partial charge is 0.178 e. The zero-order valence-electron chi connectivity index (χ0n) is 10.3. The van der Waals surface area contributed by atoms with Gasteiger partial charge in [0.25, 0.3) is 0 Å². The molecule has 1 heterocycles. The van der Waals surface area contributed by atoms with Crippen LogP contribution in [0.5, 0.6) is 0 Å². The van der Waals surface area contributed by atoms with E-state index in [-0.39, 0.29) is 17.7 Å². The molecule has 3 nitrogen and oxygen atoms in total. The van der Waals surface area contributed by atoms with Crippen molar-refractivity contribution in [3.05, 3.63) is 28.8 Å². The fourth-order valence-corrected chi connectivity index (χ4v) is 2.65. The van der Waals surface area contributed by atoms with Gasteiger partial charge in [-0.1, -0.05) is 26.8 Å². The van der Waals surface area contributed by atoms with E-state index in [4.69, 9.17) is 5.73 Å². The standard InChI is InChI=1S/C13H16N2OS/c1-13(2,3)12-15-11-8(9(16)7-14)5-4-6-10(11)17-12/h4-6H,7,14H2,1-3H3. The van der Waals surface area contributed by atoms with Crippen molar-refractivity contribution in [1.82, 2.24) is 4.98 Å². The summed E-state index contributed by atoms with van der Waals surface area (Å²) in [5.41, 5.74) is 6.85. The molecule has 0 aliphatic carbocycles. The highest BCUT2D eigenvalue weighted by Gasteiger charge is 2.20. The molecule has 90 valence electrons. The van der Waals surface area contributed by atoms with Crippen molar-refractivity contribution < 1.29 is 4.79 Å². The molecule has 0 aliphatic heterocycles. The molecule has 2 N–H and O–H groups in total. The van der Waals surface area contributed by atoms with Crippen LogP contribution >= 0.6 is 11.3 Å². The molecular formula is C13H16N2OS. The summed E-state index contributed by atoms with van der Waals surface area (Å²) in [4.78, 5) is 16.3. The number of nitrogens with two attached hydrogens (primary N) is 1. The minimum Gasteiger partial charge on any atom is -0.324 e. The van der Waals surface area contributed by atoms with Crippen LogP contribution in [0.25, 0.3) is 10.2 Å². The van der Waals surface area contributed by atoms with Gasteiger partial charge in [0.05, 0.1) is 21.8 Å². The van der Waals surface area contributed by atoms with Crippen molar-refractivity contribution in [3.63, 3.8) is 0 Å². The first-order valence-electron chi connectivity index (χ1n) is 5.57. The van der Waals surface area contributed by atoms with E-state index >= 15 is 0 Å². The van der Waals surface area contributed by atoms with Gasteiger partial charge in [0.2, 0.25) is 0 Å². The normalized spacial score (nSPS) is 12.0. The van der Waals surface area contributed by atoms with Crippen LogP contribution in [0.15, 0.2) is 18.2 Å². The third kappa shape index (κ3) is 2.23. The Morgan fingerprint density at radius 3 is 2.71 bits per heavy atom. The lowest BCUT2D eigenvalue weighted by Gasteiger charge is -2.13. The number of carbonyl (C=O) groups excluding carboxylic acids is 1.